The minimum absolute atomic E-state index is 0.0609. The van der Waals surface area contributed by atoms with E-state index in [2.05, 4.69) is 10.0 Å². The predicted octanol–water partition coefficient (Wildman–Crippen LogP) is 2.26. The summed E-state index contributed by atoms with van der Waals surface area (Å²) in [5.74, 6) is 0. The van der Waals surface area contributed by atoms with Crippen LogP contribution in [0.1, 0.15) is 19.8 Å². The second-order valence-electron chi connectivity index (χ2n) is 3.66. The summed E-state index contributed by atoms with van der Waals surface area (Å²) in [5.41, 5.74) is 8.20. The summed E-state index contributed by atoms with van der Waals surface area (Å²) in [5, 5.41) is 3.29. The molecule has 0 spiro atoms. The third-order valence-corrected chi connectivity index (χ3v) is 2.40. The van der Waals surface area contributed by atoms with Gasteiger partial charge < -0.3 is 9.64 Å². The molecule has 0 N–H and O–H groups in total. The van der Waals surface area contributed by atoms with Crippen LogP contribution in [0.15, 0.2) is 5.11 Å². The number of amides is 1. The summed E-state index contributed by atoms with van der Waals surface area (Å²) in [7, 11) is 0. The highest BCUT2D eigenvalue weighted by Crippen LogP contribution is 2.17. The van der Waals surface area contributed by atoms with E-state index in [1.807, 2.05) is 6.92 Å². The number of hydrogen-bond acceptors (Lipinski definition) is 3. The van der Waals surface area contributed by atoms with Crippen LogP contribution in [0.3, 0.4) is 0 Å². The van der Waals surface area contributed by atoms with Gasteiger partial charge in [-0.15, -0.1) is 0 Å². The molecule has 0 aromatic rings. The normalized spacial score (nSPS) is 24.0. The fraction of sp³-hybridized carbons (Fsp3) is 0.889. The van der Waals surface area contributed by atoms with E-state index in [1.54, 1.807) is 0 Å². The SMILES string of the molecule is CCCCOC(=O)N1CC(F)C(N=[N+]=[N-])C1. The van der Waals surface area contributed by atoms with Gasteiger partial charge in [0.25, 0.3) is 0 Å². The first kappa shape index (κ1) is 12.6. The molecule has 1 aliphatic rings. The number of nitrogens with zero attached hydrogens (tertiary/aromatic N) is 4. The molecule has 2 atom stereocenters. The first-order valence-corrected chi connectivity index (χ1v) is 5.29. The molecule has 1 amide bonds. The molecule has 7 heteroatoms. The van der Waals surface area contributed by atoms with Gasteiger partial charge in [0.2, 0.25) is 0 Å². The average Bonchev–Trinajstić information content (AvgIpc) is 2.61. The molecule has 16 heavy (non-hydrogen) atoms. The van der Waals surface area contributed by atoms with Crippen molar-refractivity contribution in [2.24, 2.45) is 5.11 Å². The zero-order valence-corrected chi connectivity index (χ0v) is 9.17. The van der Waals surface area contributed by atoms with Crippen LogP contribution >= 0.6 is 0 Å². The van der Waals surface area contributed by atoms with E-state index in [1.165, 1.54) is 4.90 Å². The maximum Gasteiger partial charge on any atom is 0.409 e. The van der Waals surface area contributed by atoms with Gasteiger partial charge in [-0.05, 0) is 12.0 Å². The van der Waals surface area contributed by atoms with Gasteiger partial charge in [-0.25, -0.2) is 9.18 Å². The third kappa shape index (κ3) is 3.27. The highest BCUT2D eigenvalue weighted by molar-refractivity contribution is 5.68. The molecular weight excluding hydrogens is 215 g/mol. The van der Waals surface area contributed by atoms with Gasteiger partial charge in [-0.3, -0.25) is 0 Å². The fourth-order valence-corrected chi connectivity index (χ4v) is 1.47. The van der Waals surface area contributed by atoms with Crippen molar-refractivity contribution in [1.82, 2.24) is 4.90 Å². The quantitative estimate of drug-likeness (QED) is 0.321. The minimum Gasteiger partial charge on any atom is -0.449 e. The second-order valence-corrected chi connectivity index (χ2v) is 3.66. The Balaban J connectivity index is 2.39. The first-order chi connectivity index (χ1) is 7.69. The van der Waals surface area contributed by atoms with Crippen molar-refractivity contribution < 1.29 is 13.9 Å². The molecule has 0 aromatic carbocycles. The van der Waals surface area contributed by atoms with Crippen LogP contribution in [0.25, 0.3) is 10.4 Å². The van der Waals surface area contributed by atoms with Gasteiger partial charge in [0.15, 0.2) is 0 Å². The van der Waals surface area contributed by atoms with Gasteiger partial charge in [0.05, 0.1) is 19.2 Å². The fourth-order valence-electron chi connectivity index (χ4n) is 1.47. The number of carbonyl (C=O) groups is 1. The number of azide groups is 1. The van der Waals surface area contributed by atoms with E-state index in [4.69, 9.17) is 10.3 Å². The standard InChI is InChI=1S/C9H15FN4O2/c1-2-3-4-16-9(15)14-5-7(10)8(6-14)12-13-11/h7-8H,2-6H2,1H3. The lowest BCUT2D eigenvalue weighted by Crippen LogP contribution is -2.30. The number of likely N-dealkylation sites (tertiary alicyclic amines) is 1. The Labute approximate surface area is 93.0 Å². The Kier molecular flexibility index (Phi) is 4.85. The number of halogens is 1. The molecule has 1 fully saturated rings. The first-order valence-electron chi connectivity index (χ1n) is 5.29. The molecule has 0 aliphatic carbocycles. The predicted molar refractivity (Wildman–Crippen MR) is 55.7 cm³/mol. The van der Waals surface area contributed by atoms with Crippen LogP contribution in [0.4, 0.5) is 9.18 Å². The van der Waals surface area contributed by atoms with E-state index in [9.17, 15) is 9.18 Å². The Morgan fingerprint density at radius 1 is 1.69 bits per heavy atom. The maximum absolute atomic E-state index is 13.3. The van der Waals surface area contributed by atoms with E-state index in [0.717, 1.165) is 12.8 Å². The van der Waals surface area contributed by atoms with Gasteiger partial charge in [0.1, 0.15) is 6.17 Å². The topological polar surface area (TPSA) is 78.3 Å². The summed E-state index contributed by atoms with van der Waals surface area (Å²) in [6, 6.07) is -0.788. The summed E-state index contributed by atoms with van der Waals surface area (Å²) in [6.07, 6.45) is -0.111. The molecule has 0 saturated carbocycles. The number of ether oxygens (including phenoxy) is 1. The largest absolute Gasteiger partial charge is 0.449 e. The van der Waals surface area contributed by atoms with Crippen LogP contribution in [0.5, 0.6) is 0 Å². The molecule has 1 saturated heterocycles. The van der Waals surface area contributed by atoms with Crippen molar-refractivity contribution in [3.05, 3.63) is 10.4 Å². The van der Waals surface area contributed by atoms with Crippen LogP contribution in [-0.4, -0.2) is 42.9 Å². The zero-order chi connectivity index (χ0) is 12.0. The molecule has 1 heterocycles. The van der Waals surface area contributed by atoms with Crippen LogP contribution in [0.2, 0.25) is 0 Å². The van der Waals surface area contributed by atoms with E-state index < -0.39 is 18.3 Å². The lowest BCUT2D eigenvalue weighted by Gasteiger charge is -2.14. The third-order valence-electron chi connectivity index (χ3n) is 2.40. The van der Waals surface area contributed by atoms with Crippen molar-refractivity contribution in [3.8, 4) is 0 Å². The second kappa shape index (κ2) is 6.17. The van der Waals surface area contributed by atoms with Crippen molar-refractivity contribution in [1.29, 1.82) is 0 Å². The molecule has 1 aliphatic heterocycles. The number of rotatable bonds is 4. The zero-order valence-electron chi connectivity index (χ0n) is 9.17. The molecular formula is C9H15FN4O2. The molecule has 1 rings (SSSR count). The lowest BCUT2D eigenvalue weighted by atomic mass is 10.2. The molecule has 90 valence electrons. The van der Waals surface area contributed by atoms with Crippen LogP contribution in [0, 0.1) is 0 Å². The van der Waals surface area contributed by atoms with Gasteiger partial charge in [0, 0.05) is 11.5 Å². The summed E-state index contributed by atoms with van der Waals surface area (Å²) in [4.78, 5) is 15.2. The van der Waals surface area contributed by atoms with E-state index in [0.29, 0.717) is 6.61 Å². The highest BCUT2D eigenvalue weighted by Gasteiger charge is 2.35. The van der Waals surface area contributed by atoms with Crippen molar-refractivity contribution >= 4 is 6.09 Å². The van der Waals surface area contributed by atoms with Crippen molar-refractivity contribution in [2.45, 2.75) is 32.0 Å². The Morgan fingerprint density at radius 3 is 3.06 bits per heavy atom. The lowest BCUT2D eigenvalue weighted by molar-refractivity contribution is 0.107. The maximum atomic E-state index is 13.3. The Bertz CT molecular complexity index is 293. The van der Waals surface area contributed by atoms with E-state index >= 15 is 0 Å². The van der Waals surface area contributed by atoms with Crippen molar-refractivity contribution in [3.63, 3.8) is 0 Å². The number of hydrogen-bond donors (Lipinski definition) is 0. The highest BCUT2D eigenvalue weighted by atomic mass is 19.1. The summed E-state index contributed by atoms with van der Waals surface area (Å²) >= 11 is 0. The van der Waals surface area contributed by atoms with E-state index in [-0.39, 0.29) is 13.1 Å². The molecule has 2 unspecified atom stereocenters. The van der Waals surface area contributed by atoms with Gasteiger partial charge in [-0.1, -0.05) is 18.5 Å². The minimum atomic E-state index is -1.30. The van der Waals surface area contributed by atoms with Crippen LogP contribution in [-0.2, 0) is 4.74 Å². The number of unbranched alkanes of at least 4 members (excludes halogenated alkanes) is 1. The van der Waals surface area contributed by atoms with Gasteiger partial charge >= 0.3 is 6.09 Å². The number of carbonyl (C=O) groups excluding carboxylic acids is 1. The van der Waals surface area contributed by atoms with Crippen molar-refractivity contribution in [2.75, 3.05) is 19.7 Å². The summed E-state index contributed by atoms with van der Waals surface area (Å²) in [6.45, 7) is 2.36. The smallest absolute Gasteiger partial charge is 0.409 e. The monoisotopic (exact) mass is 230 g/mol. The Morgan fingerprint density at radius 2 is 2.44 bits per heavy atom. The molecule has 0 bridgehead atoms. The van der Waals surface area contributed by atoms with Crippen LogP contribution < -0.4 is 0 Å². The van der Waals surface area contributed by atoms with Gasteiger partial charge in [-0.2, -0.15) is 0 Å². The molecule has 6 nitrogen and oxygen atoms in total. The average molecular weight is 230 g/mol. The summed E-state index contributed by atoms with van der Waals surface area (Å²) < 4.78 is 18.2. The number of alkyl halides is 1. The molecule has 0 radical (unpaired) electrons. The molecule has 0 aromatic heterocycles. The Hall–Kier alpha value is -1.49.